The minimum absolute atomic E-state index is 0.0117. The van der Waals surface area contributed by atoms with Crippen molar-refractivity contribution in [1.29, 1.82) is 0 Å². The number of carbonyl (C=O) groups excluding carboxylic acids is 2. The van der Waals surface area contributed by atoms with E-state index in [-0.39, 0.29) is 29.8 Å². The minimum atomic E-state index is -0.625. The van der Waals surface area contributed by atoms with Gasteiger partial charge < -0.3 is 10.2 Å². The summed E-state index contributed by atoms with van der Waals surface area (Å²) in [6.45, 7) is 12.3. The Bertz CT molecular complexity index is 934. The fourth-order valence-electron chi connectivity index (χ4n) is 3.39. The van der Waals surface area contributed by atoms with Gasteiger partial charge in [0.15, 0.2) is 0 Å². The molecule has 0 aromatic heterocycles. The number of nitrogens with zero attached hydrogens (tertiary/aromatic N) is 1. The van der Waals surface area contributed by atoms with Crippen molar-refractivity contribution in [2.75, 3.05) is 0 Å². The van der Waals surface area contributed by atoms with Crippen molar-refractivity contribution < 1.29 is 9.59 Å². The number of halogens is 2. The van der Waals surface area contributed by atoms with Gasteiger partial charge in [-0.3, -0.25) is 9.59 Å². The van der Waals surface area contributed by atoms with Crippen LogP contribution in [-0.4, -0.2) is 28.8 Å². The molecule has 2 amide bonds. The average molecular weight is 477 g/mol. The largest absolute Gasteiger partial charge is 0.352 e. The predicted molar refractivity (Wildman–Crippen MR) is 133 cm³/mol. The zero-order valence-corrected chi connectivity index (χ0v) is 21.3. The molecule has 2 rings (SSSR count). The molecule has 0 spiro atoms. The molecule has 0 radical (unpaired) electrons. The highest BCUT2D eigenvalue weighted by molar-refractivity contribution is 6.35. The van der Waals surface area contributed by atoms with Gasteiger partial charge in [0.1, 0.15) is 6.04 Å². The second kappa shape index (κ2) is 11.2. The third-order valence-electron chi connectivity index (χ3n) is 5.40. The van der Waals surface area contributed by atoms with Gasteiger partial charge in [-0.15, -0.1) is 0 Å². The second-order valence-electron chi connectivity index (χ2n) is 9.54. The van der Waals surface area contributed by atoms with Gasteiger partial charge in [0, 0.05) is 29.1 Å². The highest BCUT2D eigenvalue weighted by Crippen LogP contribution is 2.25. The highest BCUT2D eigenvalue weighted by atomic mass is 35.5. The lowest BCUT2D eigenvalue weighted by Crippen LogP contribution is -2.49. The average Bonchev–Trinajstić information content (AvgIpc) is 2.70. The number of carbonyl (C=O) groups is 2. The van der Waals surface area contributed by atoms with Gasteiger partial charge in [-0.2, -0.15) is 0 Å². The summed E-state index contributed by atoms with van der Waals surface area (Å²) in [7, 11) is 0. The third-order valence-corrected chi connectivity index (χ3v) is 5.99. The molecular weight excluding hydrogens is 443 g/mol. The Morgan fingerprint density at radius 1 is 1.00 bits per heavy atom. The van der Waals surface area contributed by atoms with Gasteiger partial charge in [-0.25, -0.2) is 0 Å². The van der Waals surface area contributed by atoms with E-state index in [0.717, 1.165) is 11.1 Å². The molecule has 6 heteroatoms. The van der Waals surface area contributed by atoms with Gasteiger partial charge in [-0.1, -0.05) is 74.3 Å². The predicted octanol–water partition coefficient (Wildman–Crippen LogP) is 6.17. The molecule has 0 fully saturated rings. The quantitative estimate of drug-likeness (QED) is 0.495. The fourth-order valence-corrected chi connectivity index (χ4v) is 3.86. The van der Waals surface area contributed by atoms with E-state index < -0.39 is 6.04 Å². The Morgan fingerprint density at radius 3 is 2.16 bits per heavy atom. The summed E-state index contributed by atoms with van der Waals surface area (Å²) in [5, 5.41) is 3.90. The van der Waals surface area contributed by atoms with E-state index in [1.165, 1.54) is 5.56 Å². The molecule has 0 bridgehead atoms. The van der Waals surface area contributed by atoms with E-state index in [2.05, 4.69) is 50.4 Å². The van der Waals surface area contributed by atoms with Crippen molar-refractivity contribution in [2.45, 2.75) is 78.4 Å². The van der Waals surface area contributed by atoms with Gasteiger partial charge in [0.25, 0.3) is 0 Å². The van der Waals surface area contributed by atoms with Crippen molar-refractivity contribution in [3.63, 3.8) is 0 Å². The van der Waals surface area contributed by atoms with Crippen molar-refractivity contribution >= 4 is 35.0 Å². The molecule has 174 valence electrons. The molecule has 32 heavy (non-hydrogen) atoms. The molecule has 0 unspecified atom stereocenters. The van der Waals surface area contributed by atoms with Crippen LogP contribution >= 0.6 is 23.2 Å². The number of hydrogen-bond donors (Lipinski definition) is 1. The monoisotopic (exact) mass is 476 g/mol. The fraction of sp³-hybridized carbons (Fsp3) is 0.462. The first-order chi connectivity index (χ1) is 14.9. The van der Waals surface area contributed by atoms with E-state index in [9.17, 15) is 9.59 Å². The van der Waals surface area contributed by atoms with Crippen molar-refractivity contribution in [2.24, 2.45) is 0 Å². The number of hydrogen-bond acceptors (Lipinski definition) is 2. The first-order valence-electron chi connectivity index (χ1n) is 11.0. The SMILES string of the molecule is CC(C)NC(=O)[C@H](C)N(Cc1ccc(Cl)cc1Cl)C(=O)CCc1ccc(C(C)(C)C)cc1. The van der Waals surface area contributed by atoms with Crippen molar-refractivity contribution in [1.82, 2.24) is 10.2 Å². The zero-order valence-electron chi connectivity index (χ0n) is 19.8. The number of amides is 2. The maximum absolute atomic E-state index is 13.2. The highest BCUT2D eigenvalue weighted by Gasteiger charge is 2.27. The molecule has 0 aliphatic carbocycles. The Balaban J connectivity index is 2.18. The summed E-state index contributed by atoms with van der Waals surface area (Å²) in [6.07, 6.45) is 0.909. The van der Waals surface area contributed by atoms with Crippen molar-refractivity contribution in [3.05, 3.63) is 69.2 Å². The molecule has 0 saturated heterocycles. The molecule has 0 heterocycles. The lowest BCUT2D eigenvalue weighted by atomic mass is 9.86. The lowest BCUT2D eigenvalue weighted by molar-refractivity contribution is -0.140. The van der Waals surface area contributed by atoms with Crippen LogP contribution in [0, 0.1) is 0 Å². The molecule has 2 aromatic carbocycles. The van der Waals surface area contributed by atoms with Crippen LogP contribution in [0.1, 0.15) is 64.7 Å². The third kappa shape index (κ3) is 7.53. The van der Waals surface area contributed by atoms with Gasteiger partial charge in [0.2, 0.25) is 11.8 Å². The standard InChI is InChI=1S/C26H34Cl2N2O2/c1-17(2)29-25(32)18(3)30(16-20-10-13-22(27)15-23(20)28)24(31)14-9-19-7-11-21(12-8-19)26(4,5)6/h7-8,10-13,15,17-18H,9,14,16H2,1-6H3,(H,29,32)/t18-/m0/s1. The topological polar surface area (TPSA) is 49.4 Å². The van der Waals surface area contributed by atoms with Crippen LogP contribution in [0.4, 0.5) is 0 Å². The van der Waals surface area contributed by atoms with Crippen LogP contribution < -0.4 is 5.32 Å². The Kier molecular flexibility index (Phi) is 9.18. The maximum atomic E-state index is 13.2. The second-order valence-corrected chi connectivity index (χ2v) is 10.4. The molecule has 2 aromatic rings. The molecular formula is C26H34Cl2N2O2. The van der Waals surface area contributed by atoms with Crippen LogP contribution in [0.5, 0.6) is 0 Å². The van der Waals surface area contributed by atoms with Crippen LogP contribution in [0.3, 0.4) is 0 Å². The molecule has 4 nitrogen and oxygen atoms in total. The summed E-state index contributed by atoms with van der Waals surface area (Å²) in [5.41, 5.74) is 3.19. The number of aryl methyl sites for hydroxylation is 1. The Morgan fingerprint density at radius 2 is 1.62 bits per heavy atom. The number of rotatable bonds is 8. The van der Waals surface area contributed by atoms with Crippen LogP contribution in [0.15, 0.2) is 42.5 Å². The molecule has 0 aliphatic rings. The van der Waals surface area contributed by atoms with Crippen molar-refractivity contribution in [3.8, 4) is 0 Å². The summed E-state index contributed by atoms with van der Waals surface area (Å²) in [4.78, 5) is 27.5. The number of nitrogens with one attached hydrogen (secondary N) is 1. The number of benzene rings is 2. The van der Waals surface area contributed by atoms with E-state index >= 15 is 0 Å². The Hall–Kier alpha value is -2.04. The maximum Gasteiger partial charge on any atom is 0.242 e. The molecule has 1 N–H and O–H groups in total. The molecule has 1 atom stereocenters. The summed E-state index contributed by atoms with van der Waals surface area (Å²) < 4.78 is 0. The van der Waals surface area contributed by atoms with Gasteiger partial charge in [0.05, 0.1) is 0 Å². The van der Waals surface area contributed by atoms with Gasteiger partial charge in [-0.05, 0) is 61.4 Å². The smallest absolute Gasteiger partial charge is 0.242 e. The summed E-state index contributed by atoms with van der Waals surface area (Å²) in [5.74, 6) is -0.282. The zero-order chi connectivity index (χ0) is 24.1. The van der Waals surface area contributed by atoms with Crippen LogP contribution in [-0.2, 0) is 28.0 Å². The first-order valence-corrected chi connectivity index (χ1v) is 11.8. The van der Waals surface area contributed by atoms with E-state index in [4.69, 9.17) is 23.2 Å². The summed E-state index contributed by atoms with van der Waals surface area (Å²) >= 11 is 12.4. The minimum Gasteiger partial charge on any atom is -0.352 e. The van der Waals surface area contributed by atoms with E-state index in [1.807, 2.05) is 13.8 Å². The van der Waals surface area contributed by atoms with Gasteiger partial charge >= 0.3 is 0 Å². The van der Waals surface area contributed by atoms with E-state index in [1.54, 1.807) is 30.0 Å². The normalized spacial score (nSPS) is 12.5. The molecule has 0 saturated carbocycles. The first kappa shape index (κ1) is 26.2. The Labute approximate surface area is 202 Å². The van der Waals surface area contributed by atoms with Crippen LogP contribution in [0.2, 0.25) is 10.0 Å². The lowest BCUT2D eigenvalue weighted by Gasteiger charge is -2.30. The summed E-state index contributed by atoms with van der Waals surface area (Å²) in [6, 6.07) is 12.9. The van der Waals surface area contributed by atoms with E-state index in [0.29, 0.717) is 22.9 Å². The van der Waals surface area contributed by atoms with Crippen LogP contribution in [0.25, 0.3) is 0 Å². The molecule has 0 aliphatic heterocycles.